The molecule has 0 aliphatic heterocycles. The predicted octanol–water partition coefficient (Wildman–Crippen LogP) is 2.87. The zero-order chi connectivity index (χ0) is 15.2. The number of benzene rings is 1. The minimum atomic E-state index is -0.0880. The lowest BCUT2D eigenvalue weighted by atomic mass is 10.1. The maximum atomic E-state index is 12.2. The van der Waals surface area contributed by atoms with Gasteiger partial charge in [0.2, 0.25) is 0 Å². The van der Waals surface area contributed by atoms with Gasteiger partial charge in [0.15, 0.2) is 0 Å². The largest absolute Gasteiger partial charge is 0.396 e. The summed E-state index contributed by atoms with van der Waals surface area (Å²) in [5, 5.41) is 14.7. The number of hydrogen-bond acceptors (Lipinski definition) is 4. The summed E-state index contributed by atoms with van der Waals surface area (Å²) >= 11 is 1.58. The van der Waals surface area contributed by atoms with Crippen molar-refractivity contribution in [2.75, 3.05) is 13.2 Å². The summed E-state index contributed by atoms with van der Waals surface area (Å²) < 4.78 is 0. The molecule has 1 atom stereocenters. The van der Waals surface area contributed by atoms with Gasteiger partial charge >= 0.3 is 0 Å². The van der Waals surface area contributed by atoms with E-state index in [-0.39, 0.29) is 18.4 Å². The standard InChI is InChI=1S/C16H20N2O2S/c1-11(6-7-19)9-17-15(20)13-4-3-5-14(8-13)16-18-12(2)10-21-16/h3-5,8,10-11,19H,6-7,9H2,1-2H3,(H,17,20). The van der Waals surface area contributed by atoms with Crippen molar-refractivity contribution in [2.24, 2.45) is 5.92 Å². The van der Waals surface area contributed by atoms with Crippen LogP contribution >= 0.6 is 11.3 Å². The molecule has 0 bridgehead atoms. The molecule has 1 heterocycles. The van der Waals surface area contributed by atoms with Crippen LogP contribution in [0.1, 0.15) is 29.4 Å². The van der Waals surface area contributed by atoms with Gasteiger partial charge in [-0.2, -0.15) is 0 Å². The van der Waals surface area contributed by atoms with E-state index < -0.39 is 0 Å². The number of hydrogen-bond donors (Lipinski definition) is 2. The summed E-state index contributed by atoms with van der Waals surface area (Å²) in [6.45, 7) is 4.68. The number of aromatic nitrogens is 1. The van der Waals surface area contributed by atoms with Gasteiger partial charge in [-0.25, -0.2) is 4.98 Å². The van der Waals surface area contributed by atoms with Gasteiger partial charge in [0, 0.05) is 35.4 Å². The Labute approximate surface area is 128 Å². The minimum absolute atomic E-state index is 0.0880. The Bertz CT molecular complexity index is 610. The lowest BCUT2D eigenvalue weighted by Crippen LogP contribution is -2.28. The second-order valence-electron chi connectivity index (χ2n) is 5.20. The molecule has 2 rings (SSSR count). The highest BCUT2D eigenvalue weighted by Crippen LogP contribution is 2.24. The highest BCUT2D eigenvalue weighted by atomic mass is 32.1. The molecule has 1 aromatic heterocycles. The van der Waals surface area contributed by atoms with Crippen molar-refractivity contribution in [3.8, 4) is 10.6 Å². The second-order valence-corrected chi connectivity index (χ2v) is 6.06. The SMILES string of the molecule is Cc1csc(-c2cccc(C(=O)NCC(C)CCO)c2)n1. The van der Waals surface area contributed by atoms with E-state index in [4.69, 9.17) is 5.11 Å². The number of rotatable bonds is 6. The third-order valence-corrected chi connectivity index (χ3v) is 4.23. The van der Waals surface area contributed by atoms with Crippen LogP contribution in [0.3, 0.4) is 0 Å². The van der Waals surface area contributed by atoms with Crippen LogP contribution in [0, 0.1) is 12.8 Å². The Balaban J connectivity index is 2.05. The number of nitrogens with one attached hydrogen (secondary N) is 1. The molecular weight excluding hydrogens is 284 g/mol. The Morgan fingerprint density at radius 1 is 1.48 bits per heavy atom. The van der Waals surface area contributed by atoms with Crippen molar-refractivity contribution in [2.45, 2.75) is 20.3 Å². The molecule has 21 heavy (non-hydrogen) atoms. The zero-order valence-electron chi connectivity index (χ0n) is 12.3. The van der Waals surface area contributed by atoms with Crippen molar-refractivity contribution in [3.05, 3.63) is 40.9 Å². The summed E-state index contributed by atoms with van der Waals surface area (Å²) in [6.07, 6.45) is 0.693. The average Bonchev–Trinajstić information content (AvgIpc) is 2.92. The highest BCUT2D eigenvalue weighted by Gasteiger charge is 2.10. The van der Waals surface area contributed by atoms with Crippen molar-refractivity contribution in [1.29, 1.82) is 0 Å². The van der Waals surface area contributed by atoms with Crippen LogP contribution in [0.15, 0.2) is 29.6 Å². The fourth-order valence-corrected chi connectivity index (χ4v) is 2.77. The topological polar surface area (TPSA) is 62.2 Å². The molecule has 0 spiro atoms. The maximum absolute atomic E-state index is 12.2. The van der Waals surface area contributed by atoms with Crippen molar-refractivity contribution in [3.63, 3.8) is 0 Å². The normalized spacial score (nSPS) is 12.1. The van der Waals surface area contributed by atoms with E-state index in [1.165, 1.54) is 0 Å². The Morgan fingerprint density at radius 3 is 2.95 bits per heavy atom. The summed E-state index contributed by atoms with van der Waals surface area (Å²) in [6, 6.07) is 7.50. The number of aryl methyl sites for hydroxylation is 1. The fourth-order valence-electron chi connectivity index (χ4n) is 1.97. The molecule has 2 N–H and O–H groups in total. The van der Waals surface area contributed by atoms with Gasteiger partial charge in [0.1, 0.15) is 5.01 Å². The quantitative estimate of drug-likeness (QED) is 0.862. The van der Waals surface area contributed by atoms with Crippen LogP contribution in [-0.2, 0) is 0 Å². The van der Waals surface area contributed by atoms with E-state index in [0.29, 0.717) is 18.5 Å². The minimum Gasteiger partial charge on any atom is -0.396 e. The van der Waals surface area contributed by atoms with Crippen LogP contribution in [0.25, 0.3) is 10.6 Å². The number of thiazole rings is 1. The van der Waals surface area contributed by atoms with Crippen LogP contribution in [0.5, 0.6) is 0 Å². The third kappa shape index (κ3) is 4.37. The summed E-state index contributed by atoms with van der Waals surface area (Å²) in [7, 11) is 0. The Kier molecular flexibility index (Phi) is 5.47. The Hall–Kier alpha value is -1.72. The van der Waals surface area contributed by atoms with Gasteiger partial charge in [-0.1, -0.05) is 19.1 Å². The molecule has 1 amide bonds. The predicted molar refractivity (Wildman–Crippen MR) is 85.5 cm³/mol. The second kappa shape index (κ2) is 7.33. The number of nitrogens with zero attached hydrogens (tertiary/aromatic N) is 1. The number of carbonyl (C=O) groups is 1. The first kappa shape index (κ1) is 15.7. The monoisotopic (exact) mass is 304 g/mol. The maximum Gasteiger partial charge on any atom is 0.251 e. The zero-order valence-corrected chi connectivity index (χ0v) is 13.1. The highest BCUT2D eigenvalue weighted by molar-refractivity contribution is 7.13. The van der Waals surface area contributed by atoms with E-state index in [2.05, 4.69) is 10.3 Å². The Morgan fingerprint density at radius 2 is 2.29 bits per heavy atom. The average molecular weight is 304 g/mol. The molecule has 0 radical (unpaired) electrons. The van der Waals surface area contributed by atoms with Crippen molar-refractivity contribution < 1.29 is 9.90 Å². The van der Waals surface area contributed by atoms with E-state index >= 15 is 0 Å². The molecule has 1 aromatic carbocycles. The van der Waals surface area contributed by atoms with E-state index in [1.807, 2.05) is 37.4 Å². The molecule has 112 valence electrons. The lowest BCUT2D eigenvalue weighted by molar-refractivity contribution is 0.0945. The van der Waals surface area contributed by atoms with Gasteiger partial charge in [-0.3, -0.25) is 4.79 Å². The molecule has 1 unspecified atom stereocenters. The first-order valence-corrected chi connectivity index (χ1v) is 7.89. The lowest BCUT2D eigenvalue weighted by Gasteiger charge is -2.11. The molecule has 2 aromatic rings. The van der Waals surface area contributed by atoms with Crippen LogP contribution in [-0.4, -0.2) is 29.1 Å². The first-order valence-electron chi connectivity index (χ1n) is 7.01. The molecule has 4 nitrogen and oxygen atoms in total. The third-order valence-electron chi connectivity index (χ3n) is 3.22. The number of amides is 1. The fraction of sp³-hybridized carbons (Fsp3) is 0.375. The van der Waals surface area contributed by atoms with E-state index in [1.54, 1.807) is 17.4 Å². The summed E-state index contributed by atoms with van der Waals surface area (Å²) in [4.78, 5) is 16.6. The van der Waals surface area contributed by atoms with Gasteiger partial charge in [0.25, 0.3) is 5.91 Å². The molecule has 0 saturated heterocycles. The van der Waals surface area contributed by atoms with Crippen LogP contribution in [0.2, 0.25) is 0 Å². The van der Waals surface area contributed by atoms with Gasteiger partial charge in [-0.05, 0) is 31.4 Å². The number of aliphatic hydroxyl groups is 1. The van der Waals surface area contributed by atoms with Gasteiger partial charge in [-0.15, -0.1) is 11.3 Å². The van der Waals surface area contributed by atoms with Gasteiger partial charge in [0.05, 0.1) is 0 Å². The smallest absolute Gasteiger partial charge is 0.251 e. The van der Waals surface area contributed by atoms with E-state index in [9.17, 15) is 4.79 Å². The van der Waals surface area contributed by atoms with E-state index in [0.717, 1.165) is 16.3 Å². The molecule has 0 aliphatic rings. The van der Waals surface area contributed by atoms with Crippen molar-refractivity contribution >= 4 is 17.2 Å². The van der Waals surface area contributed by atoms with Crippen molar-refractivity contribution in [1.82, 2.24) is 10.3 Å². The molecule has 0 fully saturated rings. The van der Waals surface area contributed by atoms with Crippen LogP contribution < -0.4 is 5.32 Å². The molecular formula is C16H20N2O2S. The number of aliphatic hydroxyl groups excluding tert-OH is 1. The molecule has 0 aliphatic carbocycles. The first-order chi connectivity index (χ1) is 10.1. The number of carbonyl (C=O) groups excluding carboxylic acids is 1. The molecule has 0 saturated carbocycles. The van der Waals surface area contributed by atoms with Gasteiger partial charge < -0.3 is 10.4 Å². The summed E-state index contributed by atoms with van der Waals surface area (Å²) in [5.74, 6) is 0.179. The summed E-state index contributed by atoms with van der Waals surface area (Å²) in [5.41, 5.74) is 2.59. The van der Waals surface area contributed by atoms with Crippen LogP contribution in [0.4, 0.5) is 0 Å². The molecule has 5 heteroatoms.